The molecule has 2 unspecified atom stereocenters. The van der Waals surface area contributed by atoms with Gasteiger partial charge in [-0.1, -0.05) is 74.8 Å². The number of aromatic nitrogens is 2. The third kappa shape index (κ3) is 3.67. The largest absolute Gasteiger partial charge is 0.334 e. The fourth-order valence-corrected chi connectivity index (χ4v) is 6.15. The van der Waals surface area contributed by atoms with E-state index < -0.39 is 0 Å². The highest BCUT2D eigenvalue weighted by Gasteiger charge is 2.51. The number of nitrogens with zero attached hydrogens (tertiary/aromatic N) is 3. The fourth-order valence-electron chi connectivity index (χ4n) is 5.94. The third-order valence-electron chi connectivity index (χ3n) is 6.75. The van der Waals surface area contributed by atoms with Gasteiger partial charge in [-0.3, -0.25) is 4.79 Å². The standard InChI is InChI=1S/C26H28ClN3O/c1-25(2)14-19-15-26(3,16-25)17-29(19)24(31)23-13-21(18-9-5-4-6-10-18)28-30(23)22-12-8-7-11-20(22)27/h4-13,19H,14-17H2,1-3H3. The summed E-state index contributed by atoms with van der Waals surface area (Å²) in [6, 6.07) is 19.7. The van der Waals surface area contributed by atoms with Crippen LogP contribution in [0.5, 0.6) is 0 Å². The average Bonchev–Trinajstić information content (AvgIpc) is 3.26. The lowest BCUT2D eigenvalue weighted by atomic mass is 9.65. The second-order valence-electron chi connectivity index (χ2n) is 10.3. The molecule has 1 aromatic heterocycles. The summed E-state index contributed by atoms with van der Waals surface area (Å²) in [5.74, 6) is 0.0426. The zero-order valence-electron chi connectivity index (χ0n) is 18.3. The van der Waals surface area contributed by atoms with Crippen LogP contribution in [0.4, 0.5) is 0 Å². The zero-order valence-corrected chi connectivity index (χ0v) is 19.1. The van der Waals surface area contributed by atoms with Gasteiger partial charge in [-0.25, -0.2) is 4.68 Å². The van der Waals surface area contributed by atoms with Crippen molar-refractivity contribution in [2.45, 2.75) is 46.1 Å². The van der Waals surface area contributed by atoms with Gasteiger partial charge in [0.2, 0.25) is 0 Å². The summed E-state index contributed by atoms with van der Waals surface area (Å²) >= 11 is 6.51. The Balaban J connectivity index is 1.59. The first-order valence-electron chi connectivity index (χ1n) is 11.0. The molecule has 0 spiro atoms. The van der Waals surface area contributed by atoms with E-state index in [0.717, 1.165) is 42.8 Å². The van der Waals surface area contributed by atoms with Crippen LogP contribution in [0.1, 0.15) is 50.5 Å². The molecule has 3 aromatic rings. The van der Waals surface area contributed by atoms with Crippen molar-refractivity contribution in [3.63, 3.8) is 0 Å². The van der Waals surface area contributed by atoms with Gasteiger partial charge >= 0.3 is 0 Å². The lowest BCUT2D eigenvalue weighted by Crippen LogP contribution is -2.38. The Morgan fingerprint density at radius 1 is 1.03 bits per heavy atom. The minimum absolute atomic E-state index is 0.0426. The summed E-state index contributed by atoms with van der Waals surface area (Å²) in [6.07, 6.45) is 3.27. The van der Waals surface area contributed by atoms with E-state index in [-0.39, 0.29) is 22.8 Å². The van der Waals surface area contributed by atoms with Crippen LogP contribution in [-0.4, -0.2) is 33.2 Å². The second-order valence-corrected chi connectivity index (χ2v) is 10.7. The Kier molecular flexibility index (Phi) is 4.74. The molecule has 5 heteroatoms. The number of benzene rings is 2. The van der Waals surface area contributed by atoms with Crippen LogP contribution in [0.2, 0.25) is 5.02 Å². The first-order valence-corrected chi connectivity index (χ1v) is 11.3. The highest BCUT2D eigenvalue weighted by molar-refractivity contribution is 6.32. The number of carbonyl (C=O) groups is 1. The number of hydrogen-bond donors (Lipinski definition) is 0. The van der Waals surface area contributed by atoms with E-state index in [0.29, 0.717) is 10.7 Å². The van der Waals surface area contributed by atoms with Gasteiger partial charge in [0.05, 0.1) is 16.4 Å². The van der Waals surface area contributed by atoms with Crippen molar-refractivity contribution >= 4 is 17.5 Å². The van der Waals surface area contributed by atoms with E-state index in [9.17, 15) is 4.79 Å². The van der Waals surface area contributed by atoms with Crippen LogP contribution in [-0.2, 0) is 0 Å². The number of rotatable bonds is 3. The molecule has 1 aliphatic heterocycles. The van der Waals surface area contributed by atoms with Gasteiger partial charge in [-0.15, -0.1) is 0 Å². The number of para-hydroxylation sites is 1. The fraction of sp³-hybridized carbons (Fsp3) is 0.385. The van der Waals surface area contributed by atoms with Crippen molar-refractivity contribution in [3.8, 4) is 16.9 Å². The molecule has 2 atom stereocenters. The number of carbonyl (C=O) groups excluding carboxylic acids is 1. The quantitative estimate of drug-likeness (QED) is 0.490. The Morgan fingerprint density at radius 2 is 1.74 bits per heavy atom. The van der Waals surface area contributed by atoms with Crippen LogP contribution >= 0.6 is 11.6 Å². The molecule has 1 amide bonds. The molecule has 31 heavy (non-hydrogen) atoms. The van der Waals surface area contributed by atoms with Crippen molar-refractivity contribution in [2.75, 3.05) is 6.54 Å². The summed E-state index contributed by atoms with van der Waals surface area (Å²) in [5, 5.41) is 5.40. The molecular formula is C26H28ClN3O. The predicted molar refractivity (Wildman–Crippen MR) is 125 cm³/mol. The number of halogens is 1. The van der Waals surface area contributed by atoms with Crippen molar-refractivity contribution in [1.82, 2.24) is 14.7 Å². The Hall–Kier alpha value is -2.59. The molecule has 0 N–H and O–H groups in total. The van der Waals surface area contributed by atoms with Crippen molar-refractivity contribution < 1.29 is 4.79 Å². The van der Waals surface area contributed by atoms with Gasteiger partial charge in [0, 0.05) is 18.2 Å². The minimum atomic E-state index is 0.0426. The smallest absolute Gasteiger partial charge is 0.272 e. The molecule has 5 rings (SSSR count). The molecule has 0 radical (unpaired) electrons. The minimum Gasteiger partial charge on any atom is -0.334 e. The summed E-state index contributed by atoms with van der Waals surface area (Å²) in [5.41, 5.74) is 3.49. The molecule has 1 saturated heterocycles. The van der Waals surface area contributed by atoms with Gasteiger partial charge in [0.25, 0.3) is 5.91 Å². The van der Waals surface area contributed by atoms with Crippen molar-refractivity contribution in [3.05, 3.63) is 71.4 Å². The maximum atomic E-state index is 13.9. The normalized spacial score (nSPS) is 24.4. The van der Waals surface area contributed by atoms with Gasteiger partial charge in [-0.2, -0.15) is 5.10 Å². The van der Waals surface area contributed by atoms with E-state index in [1.54, 1.807) is 4.68 Å². The van der Waals surface area contributed by atoms with E-state index in [1.165, 1.54) is 0 Å². The van der Waals surface area contributed by atoms with Crippen molar-refractivity contribution in [2.24, 2.45) is 10.8 Å². The van der Waals surface area contributed by atoms with Gasteiger partial charge in [0.15, 0.2) is 0 Å². The first kappa shape index (κ1) is 20.3. The first-order chi connectivity index (χ1) is 14.7. The monoisotopic (exact) mass is 433 g/mol. The number of amides is 1. The summed E-state index contributed by atoms with van der Waals surface area (Å²) < 4.78 is 1.72. The van der Waals surface area contributed by atoms with Crippen LogP contribution in [0, 0.1) is 10.8 Å². The zero-order chi connectivity index (χ0) is 21.8. The van der Waals surface area contributed by atoms with E-state index >= 15 is 0 Å². The van der Waals surface area contributed by atoms with Crippen LogP contribution in [0.25, 0.3) is 16.9 Å². The SMILES string of the molecule is CC1(C)CC2CC(C)(CN2C(=O)c2cc(-c3ccccc3)nn2-c2ccccc2Cl)C1. The van der Waals surface area contributed by atoms with Crippen LogP contribution in [0.3, 0.4) is 0 Å². The Labute approximate surface area is 188 Å². The molecule has 2 bridgehead atoms. The molecule has 2 heterocycles. The topological polar surface area (TPSA) is 38.1 Å². The molecule has 2 aromatic carbocycles. The third-order valence-corrected chi connectivity index (χ3v) is 7.07. The van der Waals surface area contributed by atoms with Crippen molar-refractivity contribution in [1.29, 1.82) is 0 Å². The molecule has 2 aliphatic rings. The summed E-state index contributed by atoms with van der Waals surface area (Å²) in [4.78, 5) is 16.0. The lowest BCUT2D eigenvalue weighted by Gasteiger charge is -2.39. The van der Waals surface area contributed by atoms with E-state index in [2.05, 4.69) is 25.7 Å². The summed E-state index contributed by atoms with van der Waals surface area (Å²) in [7, 11) is 0. The second kappa shape index (κ2) is 7.23. The Bertz CT molecular complexity index is 1140. The molecule has 1 saturated carbocycles. The van der Waals surface area contributed by atoms with Gasteiger partial charge < -0.3 is 4.90 Å². The number of fused-ring (bicyclic) bond motifs is 2. The van der Waals surface area contributed by atoms with Gasteiger partial charge in [-0.05, 0) is 48.3 Å². The van der Waals surface area contributed by atoms with Crippen LogP contribution in [0.15, 0.2) is 60.7 Å². The molecule has 2 fully saturated rings. The molecule has 160 valence electrons. The van der Waals surface area contributed by atoms with E-state index in [4.69, 9.17) is 16.7 Å². The average molecular weight is 434 g/mol. The number of likely N-dealkylation sites (tertiary alicyclic amines) is 1. The Morgan fingerprint density at radius 3 is 2.48 bits per heavy atom. The molecular weight excluding hydrogens is 406 g/mol. The maximum absolute atomic E-state index is 13.9. The summed E-state index contributed by atoms with van der Waals surface area (Å²) in [6.45, 7) is 7.78. The van der Waals surface area contributed by atoms with Crippen LogP contribution < -0.4 is 0 Å². The predicted octanol–water partition coefficient (Wildman–Crippen LogP) is 6.23. The lowest BCUT2D eigenvalue weighted by molar-refractivity contribution is 0.0699. The highest BCUT2D eigenvalue weighted by atomic mass is 35.5. The highest BCUT2D eigenvalue weighted by Crippen LogP contribution is 2.52. The molecule has 1 aliphatic carbocycles. The number of hydrogen-bond acceptors (Lipinski definition) is 2. The molecule has 4 nitrogen and oxygen atoms in total. The van der Waals surface area contributed by atoms with Gasteiger partial charge in [0.1, 0.15) is 5.69 Å². The van der Waals surface area contributed by atoms with E-state index in [1.807, 2.05) is 60.7 Å². The maximum Gasteiger partial charge on any atom is 0.272 e.